The average molecular weight is 299 g/mol. The number of ether oxygens (including phenoxy) is 1. The monoisotopic (exact) mass is 299 g/mol. The normalized spacial score (nSPS) is 16.1. The summed E-state index contributed by atoms with van der Waals surface area (Å²) in [6.07, 6.45) is 0. The third-order valence-corrected chi connectivity index (χ3v) is 4.68. The molecule has 3 nitrogen and oxygen atoms in total. The standard InChI is InChI=1S/C20H13NO2/c22-19-13-7-1-2-8-14(13)20(21-19)15-9-3-5-11-17(15)23-18-12-6-4-10-16(18)20/h1-12H,(H,21,22). The molecule has 110 valence electrons. The predicted molar refractivity (Wildman–Crippen MR) is 86.7 cm³/mol. The lowest BCUT2D eigenvalue weighted by Crippen LogP contribution is -2.43. The molecule has 1 spiro atoms. The quantitative estimate of drug-likeness (QED) is 0.685. The van der Waals surface area contributed by atoms with E-state index in [1.54, 1.807) is 0 Å². The van der Waals surface area contributed by atoms with Gasteiger partial charge in [-0.2, -0.15) is 0 Å². The zero-order valence-electron chi connectivity index (χ0n) is 12.2. The number of nitrogens with one attached hydrogen (secondary N) is 1. The highest BCUT2D eigenvalue weighted by Gasteiger charge is 2.50. The molecule has 0 radical (unpaired) electrons. The van der Waals surface area contributed by atoms with Crippen LogP contribution in [-0.4, -0.2) is 5.91 Å². The molecule has 3 heteroatoms. The first kappa shape index (κ1) is 12.5. The van der Waals surface area contributed by atoms with Gasteiger partial charge < -0.3 is 10.1 Å². The van der Waals surface area contributed by atoms with Gasteiger partial charge in [-0.15, -0.1) is 0 Å². The van der Waals surface area contributed by atoms with Gasteiger partial charge in [-0.3, -0.25) is 4.79 Å². The van der Waals surface area contributed by atoms with Crippen LogP contribution in [0.4, 0.5) is 0 Å². The van der Waals surface area contributed by atoms with Crippen LogP contribution in [0.5, 0.6) is 11.5 Å². The Hall–Kier alpha value is -3.07. The number of amides is 1. The second-order valence-electron chi connectivity index (χ2n) is 5.84. The molecular weight excluding hydrogens is 286 g/mol. The second kappa shape index (κ2) is 4.23. The van der Waals surface area contributed by atoms with E-state index in [-0.39, 0.29) is 5.91 Å². The Kier molecular flexibility index (Phi) is 2.29. The lowest BCUT2D eigenvalue weighted by molar-refractivity contribution is 0.0947. The van der Waals surface area contributed by atoms with Gasteiger partial charge in [0.15, 0.2) is 0 Å². The summed E-state index contributed by atoms with van der Waals surface area (Å²) < 4.78 is 6.06. The molecular formula is C20H13NO2. The van der Waals surface area contributed by atoms with Gasteiger partial charge >= 0.3 is 0 Å². The number of benzene rings is 3. The van der Waals surface area contributed by atoms with Crippen LogP contribution >= 0.6 is 0 Å². The van der Waals surface area contributed by atoms with Crippen molar-refractivity contribution in [3.05, 3.63) is 95.1 Å². The van der Waals surface area contributed by atoms with E-state index in [1.807, 2.05) is 72.8 Å². The lowest BCUT2D eigenvalue weighted by Gasteiger charge is -2.37. The van der Waals surface area contributed by atoms with Gasteiger partial charge in [0.05, 0.1) is 0 Å². The smallest absolute Gasteiger partial charge is 0.252 e. The van der Waals surface area contributed by atoms with Crippen LogP contribution < -0.4 is 10.1 Å². The van der Waals surface area contributed by atoms with Crippen molar-refractivity contribution < 1.29 is 9.53 Å². The van der Waals surface area contributed by atoms with E-state index in [1.165, 1.54) is 0 Å². The highest BCUT2D eigenvalue weighted by molar-refractivity contribution is 6.02. The topological polar surface area (TPSA) is 38.3 Å². The van der Waals surface area contributed by atoms with Crippen LogP contribution in [0.1, 0.15) is 27.0 Å². The van der Waals surface area contributed by atoms with Crippen LogP contribution in [0.2, 0.25) is 0 Å². The summed E-state index contributed by atoms with van der Waals surface area (Å²) in [6.45, 7) is 0. The van der Waals surface area contributed by atoms with E-state index in [0.717, 1.165) is 33.8 Å². The summed E-state index contributed by atoms with van der Waals surface area (Å²) in [5.41, 5.74) is 2.96. The number of fused-ring (bicyclic) bond motifs is 6. The number of hydrogen-bond donors (Lipinski definition) is 1. The highest BCUT2D eigenvalue weighted by Crippen LogP contribution is 2.52. The van der Waals surface area contributed by atoms with E-state index >= 15 is 0 Å². The number of carbonyl (C=O) groups excluding carboxylic acids is 1. The number of rotatable bonds is 0. The molecule has 0 fully saturated rings. The Labute approximate surface area is 133 Å². The third kappa shape index (κ3) is 1.46. The van der Waals surface area contributed by atoms with Crippen molar-refractivity contribution in [1.82, 2.24) is 5.32 Å². The van der Waals surface area contributed by atoms with Crippen molar-refractivity contribution >= 4 is 5.91 Å². The Morgan fingerprint density at radius 2 is 1.22 bits per heavy atom. The Morgan fingerprint density at radius 1 is 0.696 bits per heavy atom. The number of para-hydroxylation sites is 2. The molecule has 0 aromatic heterocycles. The molecule has 0 saturated heterocycles. The number of carbonyl (C=O) groups is 1. The summed E-state index contributed by atoms with van der Waals surface area (Å²) >= 11 is 0. The largest absolute Gasteiger partial charge is 0.457 e. The van der Waals surface area contributed by atoms with E-state index in [0.29, 0.717) is 0 Å². The van der Waals surface area contributed by atoms with Gasteiger partial charge in [0.25, 0.3) is 5.91 Å². The summed E-state index contributed by atoms with van der Waals surface area (Å²) in [5, 5.41) is 3.23. The minimum absolute atomic E-state index is 0.0490. The van der Waals surface area contributed by atoms with Gasteiger partial charge in [0, 0.05) is 16.7 Å². The molecule has 5 rings (SSSR count). The van der Waals surface area contributed by atoms with Crippen molar-refractivity contribution in [2.24, 2.45) is 0 Å². The fraction of sp³-hybridized carbons (Fsp3) is 0.0500. The summed E-state index contributed by atoms with van der Waals surface area (Å²) in [7, 11) is 0. The molecule has 0 unspecified atom stereocenters. The maximum Gasteiger partial charge on any atom is 0.252 e. The fourth-order valence-corrected chi connectivity index (χ4v) is 3.73. The third-order valence-electron chi connectivity index (χ3n) is 4.68. The average Bonchev–Trinajstić information content (AvgIpc) is 2.90. The summed E-state index contributed by atoms with van der Waals surface area (Å²) in [5.74, 6) is 1.51. The molecule has 3 aromatic rings. The molecule has 3 aromatic carbocycles. The molecule has 2 heterocycles. The van der Waals surface area contributed by atoms with Crippen LogP contribution in [0, 0.1) is 0 Å². The molecule has 2 aliphatic rings. The Balaban J connectivity index is 1.93. The maximum atomic E-state index is 12.6. The zero-order chi connectivity index (χ0) is 15.4. The maximum absolute atomic E-state index is 12.6. The van der Waals surface area contributed by atoms with Crippen LogP contribution in [0.25, 0.3) is 0 Å². The van der Waals surface area contributed by atoms with Crippen molar-refractivity contribution in [1.29, 1.82) is 0 Å². The lowest BCUT2D eigenvalue weighted by atomic mass is 9.76. The van der Waals surface area contributed by atoms with Crippen LogP contribution in [0.3, 0.4) is 0 Å². The van der Waals surface area contributed by atoms with Gasteiger partial charge in [-0.25, -0.2) is 0 Å². The highest BCUT2D eigenvalue weighted by atomic mass is 16.5. The molecule has 2 aliphatic heterocycles. The first-order valence-corrected chi connectivity index (χ1v) is 7.59. The zero-order valence-corrected chi connectivity index (χ0v) is 12.2. The molecule has 0 aliphatic carbocycles. The van der Waals surface area contributed by atoms with Gasteiger partial charge in [-0.05, 0) is 23.8 Å². The second-order valence-corrected chi connectivity index (χ2v) is 5.84. The van der Waals surface area contributed by atoms with Crippen molar-refractivity contribution in [3.63, 3.8) is 0 Å². The molecule has 1 N–H and O–H groups in total. The predicted octanol–water partition coefficient (Wildman–Crippen LogP) is 3.83. The van der Waals surface area contributed by atoms with Gasteiger partial charge in [0.2, 0.25) is 0 Å². The molecule has 0 bridgehead atoms. The van der Waals surface area contributed by atoms with Crippen molar-refractivity contribution in [3.8, 4) is 11.5 Å². The van der Waals surface area contributed by atoms with Crippen LogP contribution in [-0.2, 0) is 5.54 Å². The minimum atomic E-state index is -0.681. The van der Waals surface area contributed by atoms with E-state index < -0.39 is 5.54 Å². The van der Waals surface area contributed by atoms with Crippen LogP contribution in [0.15, 0.2) is 72.8 Å². The van der Waals surface area contributed by atoms with E-state index in [4.69, 9.17) is 4.74 Å². The molecule has 0 atom stereocenters. The number of hydrogen-bond acceptors (Lipinski definition) is 2. The first-order valence-electron chi connectivity index (χ1n) is 7.59. The first-order chi connectivity index (χ1) is 11.3. The molecule has 23 heavy (non-hydrogen) atoms. The Morgan fingerprint density at radius 3 is 1.87 bits per heavy atom. The summed E-state index contributed by atoms with van der Waals surface area (Å²) in [4.78, 5) is 12.6. The minimum Gasteiger partial charge on any atom is -0.457 e. The summed E-state index contributed by atoms with van der Waals surface area (Å²) in [6, 6.07) is 23.5. The Bertz CT molecular complexity index is 916. The van der Waals surface area contributed by atoms with Gasteiger partial charge in [0.1, 0.15) is 17.0 Å². The van der Waals surface area contributed by atoms with Crippen molar-refractivity contribution in [2.75, 3.05) is 0 Å². The van der Waals surface area contributed by atoms with Gasteiger partial charge in [-0.1, -0.05) is 54.6 Å². The van der Waals surface area contributed by atoms with E-state index in [2.05, 4.69) is 5.32 Å². The molecule has 0 saturated carbocycles. The van der Waals surface area contributed by atoms with Crippen molar-refractivity contribution in [2.45, 2.75) is 5.54 Å². The molecule has 1 amide bonds. The SMILES string of the molecule is O=C1NC2(c3ccccc3Oc3ccccc32)c2ccccc21. The fourth-order valence-electron chi connectivity index (χ4n) is 3.73. The van der Waals surface area contributed by atoms with E-state index in [9.17, 15) is 4.79 Å².